The fourth-order valence-corrected chi connectivity index (χ4v) is 3.64. The third-order valence-electron chi connectivity index (χ3n) is 5.09. The molecule has 4 rings (SSSR count). The highest BCUT2D eigenvalue weighted by Crippen LogP contribution is 2.34. The van der Waals surface area contributed by atoms with Gasteiger partial charge in [0.2, 0.25) is 0 Å². The smallest absolute Gasteiger partial charge is 0.272 e. The molecule has 3 atom stereocenters. The standard InChI is InChI=1S/C18H24N2O3/c1-12-4-2-5-14(19-12)18(21)20-10-16(23-11-13-7-8-13)17-15(20)6-3-9-22-17/h2,4-5,13,15-17H,3,6-11H2,1H3/t15-,16-,17+/m1/s1. The lowest BCUT2D eigenvalue weighted by Crippen LogP contribution is -2.44. The number of amides is 1. The Morgan fingerprint density at radius 1 is 1.39 bits per heavy atom. The first-order valence-corrected chi connectivity index (χ1v) is 8.70. The predicted octanol–water partition coefficient (Wildman–Crippen LogP) is 2.19. The minimum Gasteiger partial charge on any atom is -0.373 e. The molecule has 0 N–H and O–H groups in total. The molecule has 3 fully saturated rings. The SMILES string of the molecule is Cc1cccc(C(=O)N2C[C@@H](OCC3CC3)[C@H]3OCCC[C@H]32)n1. The second-order valence-electron chi connectivity index (χ2n) is 6.98. The number of hydrogen-bond acceptors (Lipinski definition) is 4. The van der Waals surface area contributed by atoms with E-state index in [0.717, 1.165) is 37.7 Å². The van der Waals surface area contributed by atoms with Crippen molar-refractivity contribution in [3.63, 3.8) is 0 Å². The van der Waals surface area contributed by atoms with Gasteiger partial charge < -0.3 is 14.4 Å². The van der Waals surface area contributed by atoms with Crippen LogP contribution in [0.1, 0.15) is 41.9 Å². The lowest BCUT2D eigenvalue weighted by molar-refractivity contribution is -0.0781. The van der Waals surface area contributed by atoms with Crippen molar-refractivity contribution >= 4 is 5.91 Å². The highest BCUT2D eigenvalue weighted by atomic mass is 16.5. The number of pyridine rings is 1. The molecule has 5 nitrogen and oxygen atoms in total. The average molecular weight is 316 g/mol. The van der Waals surface area contributed by atoms with Crippen molar-refractivity contribution in [2.75, 3.05) is 19.8 Å². The molecule has 1 amide bonds. The summed E-state index contributed by atoms with van der Waals surface area (Å²) in [5.41, 5.74) is 1.39. The first-order chi connectivity index (χ1) is 11.2. The van der Waals surface area contributed by atoms with Gasteiger partial charge in [-0.15, -0.1) is 0 Å². The van der Waals surface area contributed by atoms with Crippen LogP contribution in [0, 0.1) is 12.8 Å². The quantitative estimate of drug-likeness (QED) is 0.854. The van der Waals surface area contributed by atoms with Gasteiger partial charge in [-0.25, -0.2) is 4.98 Å². The second kappa shape index (κ2) is 6.21. The Morgan fingerprint density at radius 3 is 3.04 bits per heavy atom. The number of aryl methyl sites for hydroxylation is 1. The Kier molecular flexibility index (Phi) is 4.07. The normalized spacial score (nSPS) is 30.3. The highest BCUT2D eigenvalue weighted by molar-refractivity contribution is 5.93. The summed E-state index contributed by atoms with van der Waals surface area (Å²) in [7, 11) is 0. The molecule has 1 saturated carbocycles. The molecule has 0 radical (unpaired) electrons. The fraction of sp³-hybridized carbons (Fsp3) is 0.667. The first kappa shape index (κ1) is 15.1. The molecule has 3 aliphatic rings. The van der Waals surface area contributed by atoms with Crippen LogP contribution in [0.15, 0.2) is 18.2 Å². The largest absolute Gasteiger partial charge is 0.373 e. The van der Waals surface area contributed by atoms with Crippen molar-refractivity contribution in [2.45, 2.75) is 50.9 Å². The zero-order valence-electron chi connectivity index (χ0n) is 13.6. The maximum Gasteiger partial charge on any atom is 0.272 e. The second-order valence-corrected chi connectivity index (χ2v) is 6.98. The molecule has 0 unspecified atom stereocenters. The number of fused-ring (bicyclic) bond motifs is 1. The summed E-state index contributed by atoms with van der Waals surface area (Å²) in [5, 5.41) is 0. The molecular weight excluding hydrogens is 292 g/mol. The van der Waals surface area contributed by atoms with Crippen LogP contribution in [0.2, 0.25) is 0 Å². The molecule has 1 aromatic rings. The van der Waals surface area contributed by atoms with Crippen molar-refractivity contribution in [1.29, 1.82) is 0 Å². The summed E-state index contributed by atoms with van der Waals surface area (Å²) in [4.78, 5) is 19.2. The van der Waals surface area contributed by atoms with Gasteiger partial charge in [0, 0.05) is 18.9 Å². The Hall–Kier alpha value is -1.46. The lowest BCUT2D eigenvalue weighted by atomic mass is 10.0. The van der Waals surface area contributed by atoms with Crippen molar-refractivity contribution < 1.29 is 14.3 Å². The number of rotatable bonds is 4. The van der Waals surface area contributed by atoms with E-state index < -0.39 is 0 Å². The van der Waals surface area contributed by atoms with Crippen LogP contribution in [0.3, 0.4) is 0 Å². The van der Waals surface area contributed by atoms with E-state index in [-0.39, 0.29) is 24.2 Å². The molecule has 1 aliphatic carbocycles. The van der Waals surface area contributed by atoms with Gasteiger partial charge in [-0.05, 0) is 50.7 Å². The number of ether oxygens (including phenoxy) is 2. The number of aromatic nitrogens is 1. The zero-order valence-corrected chi connectivity index (χ0v) is 13.6. The van der Waals surface area contributed by atoms with Crippen LogP contribution in [0.4, 0.5) is 0 Å². The van der Waals surface area contributed by atoms with Gasteiger partial charge in [-0.2, -0.15) is 0 Å². The molecule has 2 aliphatic heterocycles. The summed E-state index contributed by atoms with van der Waals surface area (Å²) < 4.78 is 12.1. The number of carbonyl (C=O) groups excluding carboxylic acids is 1. The Bertz CT molecular complexity index is 587. The molecule has 124 valence electrons. The summed E-state index contributed by atoms with van der Waals surface area (Å²) in [5.74, 6) is 0.729. The third-order valence-corrected chi connectivity index (χ3v) is 5.09. The van der Waals surface area contributed by atoms with E-state index in [9.17, 15) is 4.79 Å². The highest BCUT2D eigenvalue weighted by Gasteiger charge is 2.47. The van der Waals surface area contributed by atoms with Crippen LogP contribution in [0.25, 0.3) is 0 Å². The third kappa shape index (κ3) is 3.12. The van der Waals surface area contributed by atoms with E-state index in [0.29, 0.717) is 12.2 Å². The number of hydrogen-bond donors (Lipinski definition) is 0. The molecular formula is C18H24N2O3. The van der Waals surface area contributed by atoms with Gasteiger partial charge in [-0.1, -0.05) is 6.07 Å². The van der Waals surface area contributed by atoms with E-state index in [2.05, 4.69) is 4.98 Å². The van der Waals surface area contributed by atoms with Crippen molar-refractivity contribution in [3.8, 4) is 0 Å². The Balaban J connectivity index is 1.51. The van der Waals surface area contributed by atoms with Crippen LogP contribution in [0.5, 0.6) is 0 Å². The summed E-state index contributed by atoms with van der Waals surface area (Å²) in [6.45, 7) is 4.11. The van der Waals surface area contributed by atoms with E-state index in [1.54, 1.807) is 6.07 Å². The topological polar surface area (TPSA) is 51.7 Å². The van der Waals surface area contributed by atoms with Crippen molar-refractivity contribution in [2.24, 2.45) is 5.92 Å². The van der Waals surface area contributed by atoms with Crippen LogP contribution in [-0.4, -0.2) is 53.8 Å². The molecule has 0 spiro atoms. The van der Waals surface area contributed by atoms with Crippen LogP contribution < -0.4 is 0 Å². The average Bonchev–Trinajstić information content (AvgIpc) is 3.33. The van der Waals surface area contributed by atoms with Crippen molar-refractivity contribution in [1.82, 2.24) is 9.88 Å². The molecule has 0 bridgehead atoms. The Morgan fingerprint density at radius 2 is 2.26 bits per heavy atom. The van der Waals surface area contributed by atoms with Gasteiger partial charge in [0.1, 0.15) is 17.9 Å². The number of likely N-dealkylation sites (tertiary alicyclic amines) is 1. The van der Waals surface area contributed by atoms with Crippen LogP contribution in [-0.2, 0) is 9.47 Å². The van der Waals surface area contributed by atoms with Gasteiger partial charge in [0.15, 0.2) is 0 Å². The summed E-state index contributed by atoms with van der Waals surface area (Å²) in [6, 6.07) is 5.73. The number of carbonyl (C=O) groups is 1. The van der Waals surface area contributed by atoms with Gasteiger partial charge in [0.25, 0.3) is 5.91 Å². The van der Waals surface area contributed by atoms with Gasteiger partial charge >= 0.3 is 0 Å². The molecule has 5 heteroatoms. The molecule has 23 heavy (non-hydrogen) atoms. The van der Waals surface area contributed by atoms with E-state index in [4.69, 9.17) is 9.47 Å². The van der Waals surface area contributed by atoms with E-state index in [1.807, 2.05) is 24.0 Å². The zero-order chi connectivity index (χ0) is 15.8. The molecule has 0 aromatic carbocycles. The molecule has 2 saturated heterocycles. The number of nitrogens with zero attached hydrogens (tertiary/aromatic N) is 2. The maximum absolute atomic E-state index is 12.9. The minimum absolute atomic E-state index is 0.00622. The van der Waals surface area contributed by atoms with E-state index in [1.165, 1.54) is 12.8 Å². The molecule has 3 heterocycles. The first-order valence-electron chi connectivity index (χ1n) is 8.70. The monoisotopic (exact) mass is 316 g/mol. The van der Waals surface area contributed by atoms with E-state index >= 15 is 0 Å². The lowest BCUT2D eigenvalue weighted by Gasteiger charge is -2.32. The maximum atomic E-state index is 12.9. The minimum atomic E-state index is 0.00622. The summed E-state index contributed by atoms with van der Waals surface area (Å²) in [6.07, 6.45) is 4.58. The van der Waals surface area contributed by atoms with Gasteiger partial charge in [-0.3, -0.25) is 4.79 Å². The fourth-order valence-electron chi connectivity index (χ4n) is 3.64. The molecule has 1 aromatic heterocycles. The van der Waals surface area contributed by atoms with Gasteiger partial charge in [0.05, 0.1) is 12.6 Å². The predicted molar refractivity (Wildman–Crippen MR) is 85.2 cm³/mol. The Labute approximate surface area is 137 Å². The van der Waals surface area contributed by atoms with Crippen LogP contribution >= 0.6 is 0 Å². The van der Waals surface area contributed by atoms with Crippen molar-refractivity contribution in [3.05, 3.63) is 29.6 Å². The summed E-state index contributed by atoms with van der Waals surface area (Å²) >= 11 is 0.